The van der Waals surface area contributed by atoms with Crippen LogP contribution in [0.25, 0.3) is 0 Å². The highest BCUT2D eigenvalue weighted by Crippen LogP contribution is 2.25. The summed E-state index contributed by atoms with van der Waals surface area (Å²) < 4.78 is 17.0. The number of rotatable bonds is 9. The minimum atomic E-state index is -0.502. The zero-order valence-electron chi connectivity index (χ0n) is 16.6. The Balaban J connectivity index is 2.49. The van der Waals surface area contributed by atoms with Gasteiger partial charge in [0.25, 0.3) is 5.91 Å². The fourth-order valence-electron chi connectivity index (χ4n) is 2.72. The highest BCUT2D eigenvalue weighted by atomic mass is 16.7. The standard InChI is InChI=1S/C19H33NO5/c1-14(12-16-13-24-19(3,4)25-16)8-10-17(22-6)15(2)9-11-18(21)20(5)23-7/h9,11-12,15-17H,8,10,13H2,1-7H3/b11-9+,14-12-/t15-,16?,17-/m0/s1. The van der Waals surface area contributed by atoms with Gasteiger partial charge in [-0.1, -0.05) is 24.6 Å². The summed E-state index contributed by atoms with van der Waals surface area (Å²) in [6, 6.07) is 0. The molecule has 1 saturated heterocycles. The van der Waals surface area contributed by atoms with Gasteiger partial charge in [0, 0.05) is 26.2 Å². The number of allylic oxidation sites excluding steroid dienone is 1. The molecule has 1 amide bonds. The molecule has 0 bridgehead atoms. The SMILES string of the molecule is CO[C@@H](CC/C(C)=C\C1COC(C)(C)O1)[C@@H](C)/C=C/C(=O)N(C)OC. The van der Waals surface area contributed by atoms with E-state index < -0.39 is 5.79 Å². The molecule has 0 aliphatic carbocycles. The van der Waals surface area contributed by atoms with Crippen LogP contribution >= 0.6 is 0 Å². The van der Waals surface area contributed by atoms with Gasteiger partial charge in [-0.3, -0.25) is 9.63 Å². The lowest BCUT2D eigenvalue weighted by atomic mass is 9.97. The van der Waals surface area contributed by atoms with Gasteiger partial charge in [0.15, 0.2) is 5.79 Å². The Kier molecular flexibility index (Phi) is 8.79. The molecule has 0 radical (unpaired) electrons. The van der Waals surface area contributed by atoms with Crippen molar-refractivity contribution in [3.8, 4) is 0 Å². The lowest BCUT2D eigenvalue weighted by molar-refractivity contribution is -0.162. The Labute approximate surface area is 151 Å². The van der Waals surface area contributed by atoms with Gasteiger partial charge in [-0.2, -0.15) is 0 Å². The molecule has 3 atom stereocenters. The average molecular weight is 355 g/mol. The van der Waals surface area contributed by atoms with E-state index in [0.29, 0.717) is 6.61 Å². The van der Waals surface area contributed by atoms with Crippen LogP contribution in [0, 0.1) is 5.92 Å². The fourth-order valence-corrected chi connectivity index (χ4v) is 2.72. The molecule has 1 rings (SSSR count). The molecule has 1 fully saturated rings. The van der Waals surface area contributed by atoms with Crippen molar-refractivity contribution in [1.29, 1.82) is 0 Å². The maximum atomic E-state index is 11.7. The lowest BCUT2D eigenvalue weighted by Crippen LogP contribution is -2.24. The Hall–Kier alpha value is -1.21. The second-order valence-corrected chi connectivity index (χ2v) is 6.93. The molecule has 25 heavy (non-hydrogen) atoms. The molecule has 144 valence electrons. The summed E-state index contributed by atoms with van der Waals surface area (Å²) in [6.07, 6.45) is 7.33. The van der Waals surface area contributed by atoms with E-state index in [1.807, 2.05) is 26.8 Å². The van der Waals surface area contributed by atoms with E-state index in [-0.39, 0.29) is 24.0 Å². The summed E-state index contributed by atoms with van der Waals surface area (Å²) in [5.41, 5.74) is 1.25. The van der Waals surface area contributed by atoms with E-state index >= 15 is 0 Å². The van der Waals surface area contributed by atoms with E-state index in [0.717, 1.165) is 12.8 Å². The van der Waals surface area contributed by atoms with Crippen LogP contribution in [0.2, 0.25) is 0 Å². The molecule has 0 saturated carbocycles. The van der Waals surface area contributed by atoms with Crippen LogP contribution in [0.3, 0.4) is 0 Å². The van der Waals surface area contributed by atoms with E-state index in [2.05, 4.69) is 13.0 Å². The second kappa shape index (κ2) is 10.1. The van der Waals surface area contributed by atoms with Gasteiger partial charge in [0.1, 0.15) is 6.10 Å². The number of methoxy groups -OCH3 is 1. The van der Waals surface area contributed by atoms with Crippen LogP contribution in [0.15, 0.2) is 23.8 Å². The quantitative estimate of drug-likeness (QED) is 0.361. The number of ether oxygens (including phenoxy) is 3. The Bertz CT molecular complexity index is 486. The Morgan fingerprint density at radius 2 is 2.08 bits per heavy atom. The van der Waals surface area contributed by atoms with E-state index in [9.17, 15) is 4.79 Å². The topological polar surface area (TPSA) is 57.2 Å². The zero-order valence-corrected chi connectivity index (χ0v) is 16.6. The largest absolute Gasteiger partial charge is 0.381 e. The molecule has 1 aliphatic rings. The van der Waals surface area contributed by atoms with Gasteiger partial charge in [-0.05, 0) is 33.6 Å². The predicted molar refractivity (Wildman–Crippen MR) is 96.8 cm³/mol. The van der Waals surface area contributed by atoms with Crippen molar-refractivity contribution in [2.24, 2.45) is 5.92 Å². The van der Waals surface area contributed by atoms with Gasteiger partial charge in [-0.25, -0.2) is 5.06 Å². The van der Waals surface area contributed by atoms with E-state index in [4.69, 9.17) is 19.0 Å². The monoisotopic (exact) mass is 355 g/mol. The van der Waals surface area contributed by atoms with Crippen molar-refractivity contribution >= 4 is 5.91 Å². The maximum Gasteiger partial charge on any atom is 0.269 e. The second-order valence-electron chi connectivity index (χ2n) is 6.93. The van der Waals surface area contributed by atoms with Crippen LogP contribution < -0.4 is 0 Å². The fraction of sp³-hybridized carbons (Fsp3) is 0.737. The maximum absolute atomic E-state index is 11.7. The van der Waals surface area contributed by atoms with Crippen molar-refractivity contribution in [1.82, 2.24) is 5.06 Å². The van der Waals surface area contributed by atoms with Crippen LogP contribution in [0.5, 0.6) is 0 Å². The Morgan fingerprint density at radius 1 is 1.40 bits per heavy atom. The normalized spacial score (nSPS) is 23.0. The van der Waals surface area contributed by atoms with Gasteiger partial charge in [0.2, 0.25) is 0 Å². The number of hydrogen-bond donors (Lipinski definition) is 0. The molecule has 1 unspecified atom stereocenters. The van der Waals surface area contributed by atoms with Crippen molar-refractivity contribution in [2.75, 3.05) is 27.9 Å². The molecular weight excluding hydrogens is 322 g/mol. The van der Waals surface area contributed by atoms with E-state index in [1.165, 1.54) is 23.8 Å². The molecule has 0 N–H and O–H groups in total. The van der Waals surface area contributed by atoms with Gasteiger partial charge < -0.3 is 14.2 Å². The summed E-state index contributed by atoms with van der Waals surface area (Å²) in [5, 5.41) is 1.18. The molecule has 1 heterocycles. The van der Waals surface area contributed by atoms with Gasteiger partial charge in [-0.15, -0.1) is 0 Å². The van der Waals surface area contributed by atoms with Crippen molar-refractivity contribution in [2.45, 2.75) is 58.5 Å². The first-order chi connectivity index (χ1) is 11.7. The first-order valence-corrected chi connectivity index (χ1v) is 8.70. The summed E-state index contributed by atoms with van der Waals surface area (Å²) >= 11 is 0. The number of nitrogens with zero attached hydrogens (tertiary/aromatic N) is 1. The predicted octanol–water partition coefficient (Wildman–Crippen LogP) is 3.09. The number of carbonyl (C=O) groups is 1. The van der Waals surface area contributed by atoms with Crippen LogP contribution in [-0.2, 0) is 23.8 Å². The Morgan fingerprint density at radius 3 is 2.60 bits per heavy atom. The molecule has 0 spiro atoms. The first kappa shape index (κ1) is 21.8. The molecule has 0 aromatic carbocycles. The van der Waals surface area contributed by atoms with Gasteiger partial charge in [0.05, 0.1) is 19.8 Å². The number of hydroxylamine groups is 2. The van der Waals surface area contributed by atoms with Crippen LogP contribution in [-0.4, -0.2) is 56.8 Å². The van der Waals surface area contributed by atoms with E-state index in [1.54, 1.807) is 14.2 Å². The summed E-state index contributed by atoms with van der Waals surface area (Å²) in [6.45, 7) is 8.58. The minimum absolute atomic E-state index is 0.00974. The molecule has 6 nitrogen and oxygen atoms in total. The molecule has 6 heteroatoms. The molecule has 1 aliphatic heterocycles. The smallest absolute Gasteiger partial charge is 0.269 e. The zero-order chi connectivity index (χ0) is 19.0. The third-order valence-electron chi connectivity index (χ3n) is 4.34. The number of carbonyl (C=O) groups excluding carboxylic acids is 1. The highest BCUT2D eigenvalue weighted by Gasteiger charge is 2.31. The number of amides is 1. The van der Waals surface area contributed by atoms with Crippen molar-refractivity contribution in [3.05, 3.63) is 23.8 Å². The molecule has 0 aromatic rings. The third-order valence-corrected chi connectivity index (χ3v) is 4.34. The highest BCUT2D eigenvalue weighted by molar-refractivity contribution is 5.86. The summed E-state index contributed by atoms with van der Waals surface area (Å²) in [7, 11) is 4.74. The molecular formula is C19H33NO5. The minimum Gasteiger partial charge on any atom is -0.381 e. The number of likely N-dealkylation sites (N-methyl/N-ethyl adjacent to an activating group) is 1. The average Bonchev–Trinajstić information content (AvgIpc) is 2.90. The van der Waals surface area contributed by atoms with Crippen LogP contribution in [0.1, 0.15) is 40.5 Å². The third kappa shape index (κ3) is 7.69. The van der Waals surface area contributed by atoms with Crippen molar-refractivity contribution in [3.63, 3.8) is 0 Å². The van der Waals surface area contributed by atoms with Crippen molar-refractivity contribution < 1.29 is 23.8 Å². The van der Waals surface area contributed by atoms with Gasteiger partial charge >= 0.3 is 0 Å². The lowest BCUT2D eigenvalue weighted by Gasteiger charge is -2.21. The summed E-state index contributed by atoms with van der Waals surface area (Å²) in [4.78, 5) is 16.6. The molecule has 0 aromatic heterocycles. The first-order valence-electron chi connectivity index (χ1n) is 8.70. The number of hydrogen-bond acceptors (Lipinski definition) is 5. The summed E-state index contributed by atoms with van der Waals surface area (Å²) in [5.74, 6) is -0.573. The van der Waals surface area contributed by atoms with Crippen LogP contribution in [0.4, 0.5) is 0 Å².